The van der Waals surface area contributed by atoms with E-state index in [-0.39, 0.29) is 11.4 Å². The number of carbonyl (C=O) groups excluding carboxylic acids is 1. The summed E-state index contributed by atoms with van der Waals surface area (Å²) in [5, 5.41) is 2.97. The zero-order valence-corrected chi connectivity index (χ0v) is 10.4. The second-order valence-corrected chi connectivity index (χ2v) is 4.72. The van der Waals surface area contributed by atoms with Gasteiger partial charge in [-0.25, -0.2) is 10.8 Å². The Labute approximate surface area is 106 Å². The van der Waals surface area contributed by atoms with Crippen LogP contribution >= 0.6 is 0 Å². The molecule has 2 rings (SSSR count). The van der Waals surface area contributed by atoms with Crippen LogP contribution in [-0.2, 0) is 4.74 Å². The lowest BCUT2D eigenvalue weighted by Gasteiger charge is -2.34. The van der Waals surface area contributed by atoms with E-state index >= 15 is 0 Å². The maximum atomic E-state index is 12.1. The molecule has 1 amide bonds. The average Bonchev–Trinajstić information content (AvgIpc) is 2.39. The van der Waals surface area contributed by atoms with Crippen molar-refractivity contribution in [1.82, 2.24) is 10.3 Å². The summed E-state index contributed by atoms with van der Waals surface area (Å²) >= 11 is 0. The summed E-state index contributed by atoms with van der Waals surface area (Å²) in [7, 11) is 0. The fourth-order valence-corrected chi connectivity index (χ4v) is 2.01. The largest absolute Gasteiger partial charge is 0.379 e. The number of nitrogen functional groups attached to an aromatic ring is 1. The normalized spacial score (nSPS) is 23.4. The highest BCUT2D eigenvalue weighted by Crippen LogP contribution is 2.18. The van der Waals surface area contributed by atoms with E-state index in [0.717, 1.165) is 19.4 Å². The summed E-state index contributed by atoms with van der Waals surface area (Å²) in [4.78, 5) is 16.2. The van der Waals surface area contributed by atoms with Crippen molar-refractivity contribution in [3.8, 4) is 0 Å². The molecule has 0 radical (unpaired) electrons. The molecule has 1 aliphatic rings. The van der Waals surface area contributed by atoms with Gasteiger partial charge in [0.2, 0.25) is 0 Å². The van der Waals surface area contributed by atoms with Crippen molar-refractivity contribution in [1.29, 1.82) is 0 Å². The first-order valence-corrected chi connectivity index (χ1v) is 5.97. The first-order chi connectivity index (χ1) is 8.63. The molecule has 6 nitrogen and oxygen atoms in total. The van der Waals surface area contributed by atoms with Crippen molar-refractivity contribution in [3.63, 3.8) is 0 Å². The zero-order valence-electron chi connectivity index (χ0n) is 10.4. The van der Waals surface area contributed by atoms with Crippen molar-refractivity contribution in [2.24, 2.45) is 5.84 Å². The minimum atomic E-state index is -0.316. The van der Waals surface area contributed by atoms with E-state index < -0.39 is 0 Å². The SMILES string of the molecule is CC1(NC(=O)c2cccc(NN)n2)CCCOC1. The second kappa shape index (κ2) is 5.32. The fourth-order valence-electron chi connectivity index (χ4n) is 2.01. The maximum Gasteiger partial charge on any atom is 0.270 e. The van der Waals surface area contributed by atoms with Gasteiger partial charge in [-0.2, -0.15) is 0 Å². The molecule has 18 heavy (non-hydrogen) atoms. The number of amides is 1. The summed E-state index contributed by atoms with van der Waals surface area (Å²) < 4.78 is 5.40. The van der Waals surface area contributed by atoms with Crippen LogP contribution in [0.25, 0.3) is 0 Å². The van der Waals surface area contributed by atoms with Crippen LogP contribution in [0.15, 0.2) is 18.2 Å². The fraction of sp³-hybridized carbons (Fsp3) is 0.500. The summed E-state index contributed by atoms with van der Waals surface area (Å²) in [6.45, 7) is 3.28. The number of aromatic nitrogens is 1. The Bertz CT molecular complexity index is 430. The minimum Gasteiger partial charge on any atom is -0.379 e. The van der Waals surface area contributed by atoms with Gasteiger partial charge in [-0.1, -0.05) is 6.07 Å². The number of rotatable bonds is 3. The van der Waals surface area contributed by atoms with Crippen LogP contribution < -0.4 is 16.6 Å². The van der Waals surface area contributed by atoms with Crippen LogP contribution in [0.2, 0.25) is 0 Å². The number of nitrogens with one attached hydrogen (secondary N) is 2. The molecule has 2 heterocycles. The van der Waals surface area contributed by atoms with Gasteiger partial charge in [-0.3, -0.25) is 4.79 Å². The van der Waals surface area contributed by atoms with Gasteiger partial charge in [0.1, 0.15) is 11.5 Å². The molecule has 1 saturated heterocycles. The number of anilines is 1. The highest BCUT2D eigenvalue weighted by Gasteiger charge is 2.29. The van der Waals surface area contributed by atoms with Crippen LogP contribution in [0.4, 0.5) is 5.82 Å². The third-order valence-electron chi connectivity index (χ3n) is 2.98. The van der Waals surface area contributed by atoms with Crippen LogP contribution in [0, 0.1) is 0 Å². The topological polar surface area (TPSA) is 89.3 Å². The number of nitrogens with two attached hydrogens (primary N) is 1. The smallest absolute Gasteiger partial charge is 0.270 e. The third-order valence-corrected chi connectivity index (χ3v) is 2.98. The van der Waals surface area contributed by atoms with E-state index in [2.05, 4.69) is 15.7 Å². The van der Waals surface area contributed by atoms with Crippen LogP contribution in [-0.4, -0.2) is 29.6 Å². The molecule has 98 valence electrons. The van der Waals surface area contributed by atoms with E-state index in [0.29, 0.717) is 18.1 Å². The maximum absolute atomic E-state index is 12.1. The van der Waals surface area contributed by atoms with Gasteiger partial charge in [-0.15, -0.1) is 0 Å². The number of ether oxygens (including phenoxy) is 1. The monoisotopic (exact) mass is 250 g/mol. The van der Waals surface area contributed by atoms with Gasteiger partial charge in [0, 0.05) is 6.61 Å². The molecule has 0 spiro atoms. The number of carbonyl (C=O) groups is 1. The number of hydrazine groups is 1. The predicted molar refractivity (Wildman–Crippen MR) is 68.0 cm³/mol. The molecule has 1 atom stereocenters. The Hall–Kier alpha value is -1.66. The molecule has 6 heteroatoms. The lowest BCUT2D eigenvalue weighted by Crippen LogP contribution is -2.51. The first kappa shape index (κ1) is 12.8. The van der Waals surface area contributed by atoms with E-state index in [4.69, 9.17) is 10.6 Å². The van der Waals surface area contributed by atoms with Gasteiger partial charge >= 0.3 is 0 Å². The first-order valence-electron chi connectivity index (χ1n) is 5.97. The van der Waals surface area contributed by atoms with Crippen LogP contribution in [0.5, 0.6) is 0 Å². The molecular formula is C12H18N4O2. The minimum absolute atomic E-state index is 0.208. The predicted octanol–water partition coefficient (Wildman–Crippen LogP) is 0.666. The van der Waals surface area contributed by atoms with Crippen LogP contribution in [0.3, 0.4) is 0 Å². The van der Waals surface area contributed by atoms with Gasteiger partial charge < -0.3 is 15.5 Å². The van der Waals surface area contributed by atoms with Crippen molar-refractivity contribution in [3.05, 3.63) is 23.9 Å². The number of hydrogen-bond acceptors (Lipinski definition) is 5. The number of nitrogens with zero attached hydrogens (tertiary/aromatic N) is 1. The Morgan fingerprint density at radius 1 is 1.56 bits per heavy atom. The lowest BCUT2D eigenvalue weighted by atomic mass is 9.95. The number of hydrogen-bond donors (Lipinski definition) is 3. The molecule has 0 bridgehead atoms. The van der Waals surface area contributed by atoms with Crippen molar-refractivity contribution < 1.29 is 9.53 Å². The quantitative estimate of drug-likeness (QED) is 0.542. The second-order valence-electron chi connectivity index (χ2n) is 4.72. The van der Waals surface area contributed by atoms with E-state index in [9.17, 15) is 4.79 Å². The Kier molecular flexibility index (Phi) is 3.78. The summed E-state index contributed by atoms with van der Waals surface area (Å²) in [5.74, 6) is 5.52. The number of pyridine rings is 1. The molecule has 0 saturated carbocycles. The van der Waals surface area contributed by atoms with E-state index in [1.165, 1.54) is 0 Å². The Morgan fingerprint density at radius 3 is 3.06 bits per heavy atom. The van der Waals surface area contributed by atoms with Crippen LogP contribution in [0.1, 0.15) is 30.3 Å². The third kappa shape index (κ3) is 2.96. The molecule has 1 unspecified atom stereocenters. The molecule has 1 aliphatic heterocycles. The molecule has 1 aromatic rings. The molecule has 1 aromatic heterocycles. The van der Waals surface area contributed by atoms with E-state index in [1.807, 2.05) is 6.92 Å². The summed E-state index contributed by atoms with van der Waals surface area (Å²) in [5.41, 5.74) is 2.45. The molecule has 0 aromatic carbocycles. The summed E-state index contributed by atoms with van der Waals surface area (Å²) in [6, 6.07) is 5.09. The standard InChI is InChI=1S/C12H18N4O2/c1-12(6-3-7-18-8-12)15-11(17)9-4-2-5-10(14-9)16-13/h2,4-5H,3,6-8,13H2,1H3,(H,14,16)(H,15,17). The van der Waals surface area contributed by atoms with Gasteiger partial charge in [0.15, 0.2) is 0 Å². The highest BCUT2D eigenvalue weighted by molar-refractivity contribution is 5.93. The van der Waals surface area contributed by atoms with Gasteiger partial charge in [-0.05, 0) is 31.9 Å². The summed E-state index contributed by atoms with van der Waals surface area (Å²) in [6.07, 6.45) is 1.86. The average molecular weight is 250 g/mol. The zero-order chi connectivity index (χ0) is 13.0. The Balaban J connectivity index is 2.06. The molecule has 0 aliphatic carbocycles. The van der Waals surface area contributed by atoms with Crippen molar-refractivity contribution >= 4 is 11.7 Å². The van der Waals surface area contributed by atoms with Gasteiger partial charge in [0.25, 0.3) is 5.91 Å². The molecule has 4 N–H and O–H groups in total. The molecular weight excluding hydrogens is 232 g/mol. The van der Waals surface area contributed by atoms with Crippen molar-refractivity contribution in [2.45, 2.75) is 25.3 Å². The molecule has 1 fully saturated rings. The van der Waals surface area contributed by atoms with Gasteiger partial charge in [0.05, 0.1) is 12.1 Å². The van der Waals surface area contributed by atoms with Crippen molar-refractivity contribution in [2.75, 3.05) is 18.6 Å². The lowest BCUT2D eigenvalue weighted by molar-refractivity contribution is 0.0271. The highest BCUT2D eigenvalue weighted by atomic mass is 16.5. The Morgan fingerprint density at radius 2 is 2.39 bits per heavy atom. The van der Waals surface area contributed by atoms with E-state index in [1.54, 1.807) is 18.2 Å².